The number of carbonyl (C=O) groups is 1. The maximum absolute atomic E-state index is 12.7. The number of rotatable bonds is 6. The molecule has 0 bridgehead atoms. The molecule has 0 unspecified atom stereocenters. The van der Waals surface area contributed by atoms with Crippen LogP contribution in [0.25, 0.3) is 0 Å². The highest BCUT2D eigenvalue weighted by atomic mass is 79.9. The molecule has 0 spiro atoms. The van der Waals surface area contributed by atoms with Crippen LogP contribution in [0.3, 0.4) is 0 Å². The van der Waals surface area contributed by atoms with Gasteiger partial charge in [-0.3, -0.25) is 9.52 Å². The van der Waals surface area contributed by atoms with E-state index in [-0.39, 0.29) is 17.1 Å². The summed E-state index contributed by atoms with van der Waals surface area (Å²) in [4.78, 5) is 10.7. The number of sulfonamides is 1. The van der Waals surface area contributed by atoms with Gasteiger partial charge < -0.3 is 9.84 Å². The number of methoxy groups -OCH3 is 1. The quantitative estimate of drug-likeness (QED) is 0.758. The summed E-state index contributed by atoms with van der Waals surface area (Å²) >= 11 is 3.32. The molecule has 128 valence electrons. The molecular weight excluding hydrogens is 398 g/mol. The fraction of sp³-hybridized carbons (Fsp3) is 0.188. The van der Waals surface area contributed by atoms with Crippen molar-refractivity contribution in [1.82, 2.24) is 0 Å². The number of halogens is 1. The van der Waals surface area contributed by atoms with Gasteiger partial charge in [-0.25, -0.2) is 8.42 Å². The standard InChI is InChI=1S/C16H16BrNO5S/c1-10-7-12(17)4-5-13(10)18-24(21,22)15-8-11(9-16(19)20)3-6-14(15)23-2/h3-8,18H,9H2,1-2H3,(H,19,20). The maximum Gasteiger partial charge on any atom is 0.307 e. The van der Waals surface area contributed by atoms with Crippen LogP contribution in [0.15, 0.2) is 45.8 Å². The highest BCUT2D eigenvalue weighted by molar-refractivity contribution is 9.10. The van der Waals surface area contributed by atoms with E-state index in [1.807, 2.05) is 0 Å². The predicted octanol–water partition coefficient (Wildman–Crippen LogP) is 3.19. The Morgan fingerprint density at radius 2 is 1.96 bits per heavy atom. The lowest BCUT2D eigenvalue weighted by Crippen LogP contribution is -2.15. The summed E-state index contributed by atoms with van der Waals surface area (Å²) in [6, 6.07) is 9.44. The lowest BCUT2D eigenvalue weighted by atomic mass is 10.1. The molecule has 2 N–H and O–H groups in total. The van der Waals surface area contributed by atoms with Crippen molar-refractivity contribution in [2.75, 3.05) is 11.8 Å². The molecular formula is C16H16BrNO5S. The lowest BCUT2D eigenvalue weighted by molar-refractivity contribution is -0.136. The minimum absolute atomic E-state index is 0.105. The number of hydrogen-bond donors (Lipinski definition) is 2. The molecule has 0 amide bonds. The highest BCUT2D eigenvalue weighted by Gasteiger charge is 2.21. The lowest BCUT2D eigenvalue weighted by Gasteiger charge is -2.14. The summed E-state index contributed by atoms with van der Waals surface area (Å²) < 4.78 is 33.9. The molecule has 0 heterocycles. The first-order valence-corrected chi connectivity index (χ1v) is 9.18. The second-order valence-electron chi connectivity index (χ2n) is 5.12. The van der Waals surface area contributed by atoms with E-state index in [2.05, 4.69) is 20.7 Å². The van der Waals surface area contributed by atoms with E-state index in [1.165, 1.54) is 25.3 Å². The SMILES string of the molecule is COc1ccc(CC(=O)O)cc1S(=O)(=O)Nc1ccc(Br)cc1C. The normalized spacial score (nSPS) is 11.1. The monoisotopic (exact) mass is 413 g/mol. The van der Waals surface area contributed by atoms with E-state index in [0.29, 0.717) is 11.3 Å². The minimum Gasteiger partial charge on any atom is -0.495 e. The van der Waals surface area contributed by atoms with Gasteiger partial charge in [0.25, 0.3) is 10.0 Å². The fourth-order valence-electron chi connectivity index (χ4n) is 2.16. The van der Waals surface area contributed by atoms with E-state index in [9.17, 15) is 13.2 Å². The van der Waals surface area contributed by atoms with Gasteiger partial charge in [-0.2, -0.15) is 0 Å². The Morgan fingerprint density at radius 1 is 1.25 bits per heavy atom. The number of benzene rings is 2. The molecule has 6 nitrogen and oxygen atoms in total. The van der Waals surface area contributed by atoms with Crippen LogP contribution in [0.4, 0.5) is 5.69 Å². The number of nitrogens with one attached hydrogen (secondary N) is 1. The number of ether oxygens (including phenoxy) is 1. The van der Waals surface area contributed by atoms with Gasteiger partial charge in [0.2, 0.25) is 0 Å². The van der Waals surface area contributed by atoms with Crippen LogP contribution < -0.4 is 9.46 Å². The van der Waals surface area contributed by atoms with E-state index >= 15 is 0 Å². The van der Waals surface area contributed by atoms with Crippen molar-refractivity contribution in [3.05, 3.63) is 52.0 Å². The van der Waals surface area contributed by atoms with Crippen LogP contribution in [0.2, 0.25) is 0 Å². The van der Waals surface area contributed by atoms with E-state index in [4.69, 9.17) is 9.84 Å². The van der Waals surface area contributed by atoms with E-state index in [0.717, 1.165) is 10.0 Å². The summed E-state index contributed by atoms with van der Waals surface area (Å²) in [7, 11) is -2.58. The van der Waals surface area contributed by atoms with Gasteiger partial charge in [0.1, 0.15) is 10.6 Å². The third-order valence-electron chi connectivity index (χ3n) is 3.31. The van der Waals surface area contributed by atoms with Gasteiger partial charge in [0.05, 0.1) is 19.2 Å². The van der Waals surface area contributed by atoms with Crippen LogP contribution in [0.1, 0.15) is 11.1 Å². The minimum atomic E-state index is -3.93. The Bertz CT molecular complexity index is 880. The third kappa shape index (κ3) is 4.27. The van der Waals surface area contributed by atoms with Crippen LogP contribution in [0, 0.1) is 6.92 Å². The third-order valence-corrected chi connectivity index (χ3v) is 5.19. The molecule has 0 aromatic heterocycles. The zero-order chi connectivity index (χ0) is 17.9. The van der Waals surface area contributed by atoms with Crippen LogP contribution in [-0.2, 0) is 21.2 Å². The number of hydrogen-bond acceptors (Lipinski definition) is 4. The number of aryl methyl sites for hydroxylation is 1. The van der Waals surface area contributed by atoms with Gasteiger partial charge >= 0.3 is 5.97 Å². The summed E-state index contributed by atoms with van der Waals surface area (Å²) in [6.45, 7) is 1.78. The van der Waals surface area contributed by atoms with Gasteiger partial charge in [-0.05, 0) is 48.4 Å². The first-order valence-electron chi connectivity index (χ1n) is 6.90. The first-order chi connectivity index (χ1) is 11.2. The van der Waals surface area contributed by atoms with Crippen molar-refractivity contribution >= 4 is 37.6 Å². The molecule has 2 aromatic rings. The number of anilines is 1. The summed E-state index contributed by atoms with van der Waals surface area (Å²) in [6.07, 6.45) is -0.274. The molecule has 0 aliphatic carbocycles. The Kier molecular flexibility index (Phi) is 5.51. The fourth-order valence-corrected chi connectivity index (χ4v) is 3.98. The number of carboxylic acid groups (broad SMARTS) is 1. The Labute approximate surface area is 148 Å². The van der Waals surface area contributed by atoms with Crippen molar-refractivity contribution in [1.29, 1.82) is 0 Å². The average Bonchev–Trinajstić information content (AvgIpc) is 2.49. The molecule has 8 heteroatoms. The zero-order valence-electron chi connectivity index (χ0n) is 13.0. The highest BCUT2D eigenvalue weighted by Crippen LogP contribution is 2.29. The first kappa shape index (κ1) is 18.3. The van der Waals surface area contributed by atoms with Gasteiger partial charge in [-0.1, -0.05) is 22.0 Å². The summed E-state index contributed by atoms with van der Waals surface area (Å²) in [5.41, 5.74) is 1.55. The smallest absolute Gasteiger partial charge is 0.307 e. The van der Waals surface area contributed by atoms with Crippen molar-refractivity contribution in [2.24, 2.45) is 0 Å². The molecule has 2 aromatic carbocycles. The second-order valence-corrected chi connectivity index (χ2v) is 7.69. The van der Waals surface area contributed by atoms with Gasteiger partial charge in [0.15, 0.2) is 0 Å². The van der Waals surface area contributed by atoms with Crippen molar-refractivity contribution in [3.8, 4) is 5.75 Å². The largest absolute Gasteiger partial charge is 0.495 e. The van der Waals surface area contributed by atoms with E-state index < -0.39 is 16.0 Å². The summed E-state index contributed by atoms with van der Waals surface area (Å²) in [5.74, 6) is -0.897. The van der Waals surface area contributed by atoms with Crippen LogP contribution in [-0.4, -0.2) is 26.6 Å². The van der Waals surface area contributed by atoms with Crippen LogP contribution in [0.5, 0.6) is 5.75 Å². The average molecular weight is 414 g/mol. The zero-order valence-corrected chi connectivity index (χ0v) is 15.4. The second kappa shape index (κ2) is 7.23. The number of carboxylic acids is 1. The molecule has 0 aliphatic rings. The van der Waals surface area contributed by atoms with Crippen molar-refractivity contribution < 1.29 is 23.1 Å². The van der Waals surface area contributed by atoms with Crippen molar-refractivity contribution in [2.45, 2.75) is 18.2 Å². The molecule has 24 heavy (non-hydrogen) atoms. The molecule has 0 radical (unpaired) electrons. The van der Waals surface area contributed by atoms with E-state index in [1.54, 1.807) is 25.1 Å². The van der Waals surface area contributed by atoms with Gasteiger partial charge in [0, 0.05) is 4.47 Å². The predicted molar refractivity (Wildman–Crippen MR) is 94.0 cm³/mol. The molecule has 0 saturated carbocycles. The van der Waals surface area contributed by atoms with Crippen molar-refractivity contribution in [3.63, 3.8) is 0 Å². The Hall–Kier alpha value is -2.06. The molecule has 0 fully saturated rings. The topological polar surface area (TPSA) is 92.7 Å². The Morgan fingerprint density at radius 3 is 2.54 bits per heavy atom. The van der Waals surface area contributed by atoms with Crippen LogP contribution >= 0.6 is 15.9 Å². The Balaban J connectivity index is 2.45. The molecule has 0 saturated heterocycles. The maximum atomic E-state index is 12.7. The number of aliphatic carboxylic acids is 1. The molecule has 0 atom stereocenters. The molecule has 0 aliphatic heterocycles. The molecule has 2 rings (SSSR count). The van der Waals surface area contributed by atoms with Gasteiger partial charge in [-0.15, -0.1) is 0 Å². The summed E-state index contributed by atoms with van der Waals surface area (Å²) in [5, 5.41) is 8.88.